The molecule has 0 spiro atoms. The summed E-state index contributed by atoms with van der Waals surface area (Å²) in [6.45, 7) is 0.323. The maximum absolute atomic E-state index is 10.8. The molecule has 1 unspecified atom stereocenters. The summed E-state index contributed by atoms with van der Waals surface area (Å²) >= 11 is 6.22. The monoisotopic (exact) mass is 305 g/mol. The standard InChI is InChI=1S/C14H12ClN3O3/c15-11-3-8(1-7-2-10(4-16)21-12(7)11)13-17-5-9(6-18-13)14(19)20/h2-3,5-7H,1,4,16H2,(H,19,20). The van der Waals surface area contributed by atoms with Crippen molar-refractivity contribution in [3.05, 3.63) is 52.5 Å². The molecule has 108 valence electrons. The van der Waals surface area contributed by atoms with Gasteiger partial charge in [-0.3, -0.25) is 0 Å². The number of aromatic nitrogens is 2. The zero-order valence-corrected chi connectivity index (χ0v) is 11.7. The third-order valence-electron chi connectivity index (χ3n) is 3.33. The Hall–Kier alpha value is -2.18. The van der Waals surface area contributed by atoms with Gasteiger partial charge in [0.1, 0.15) is 11.5 Å². The van der Waals surface area contributed by atoms with Crippen LogP contribution in [0.5, 0.6) is 0 Å². The number of hydrogen-bond acceptors (Lipinski definition) is 5. The molecule has 1 aromatic rings. The van der Waals surface area contributed by atoms with Crippen LogP contribution in [0.3, 0.4) is 0 Å². The Bertz CT molecular complexity index is 692. The summed E-state index contributed by atoms with van der Waals surface area (Å²) in [6, 6.07) is 0. The summed E-state index contributed by atoms with van der Waals surface area (Å²) < 4.78 is 5.58. The minimum atomic E-state index is -1.06. The Balaban J connectivity index is 1.89. The maximum atomic E-state index is 10.8. The lowest BCUT2D eigenvalue weighted by Gasteiger charge is -2.18. The molecule has 1 atom stereocenters. The summed E-state index contributed by atoms with van der Waals surface area (Å²) in [5, 5.41) is 9.34. The zero-order valence-electron chi connectivity index (χ0n) is 10.9. The van der Waals surface area contributed by atoms with Gasteiger partial charge in [-0.2, -0.15) is 0 Å². The van der Waals surface area contributed by atoms with Crippen LogP contribution in [0.15, 0.2) is 41.1 Å². The van der Waals surface area contributed by atoms with Crippen molar-refractivity contribution in [2.24, 2.45) is 11.7 Å². The first kappa shape index (κ1) is 13.8. The Kier molecular flexibility index (Phi) is 3.48. The van der Waals surface area contributed by atoms with Crippen molar-refractivity contribution in [3.8, 4) is 0 Å². The van der Waals surface area contributed by atoms with Gasteiger partial charge in [0.25, 0.3) is 0 Å². The first-order chi connectivity index (χ1) is 10.1. The van der Waals surface area contributed by atoms with E-state index in [0.29, 0.717) is 35.3 Å². The number of carboxylic acid groups (broad SMARTS) is 1. The largest absolute Gasteiger partial charge is 0.478 e. The van der Waals surface area contributed by atoms with Crippen LogP contribution in [-0.4, -0.2) is 27.6 Å². The van der Waals surface area contributed by atoms with Crippen molar-refractivity contribution in [3.63, 3.8) is 0 Å². The van der Waals surface area contributed by atoms with Gasteiger partial charge in [0, 0.05) is 18.3 Å². The number of halogens is 1. The van der Waals surface area contributed by atoms with Gasteiger partial charge in [-0.05, 0) is 24.1 Å². The topological polar surface area (TPSA) is 98.3 Å². The molecule has 3 N–H and O–H groups in total. The van der Waals surface area contributed by atoms with E-state index < -0.39 is 5.97 Å². The van der Waals surface area contributed by atoms with Gasteiger partial charge in [-0.25, -0.2) is 14.8 Å². The van der Waals surface area contributed by atoms with Gasteiger partial charge in [0.15, 0.2) is 5.82 Å². The highest BCUT2D eigenvalue weighted by molar-refractivity contribution is 6.32. The highest BCUT2D eigenvalue weighted by atomic mass is 35.5. The molecule has 21 heavy (non-hydrogen) atoms. The third kappa shape index (κ3) is 2.55. The maximum Gasteiger partial charge on any atom is 0.338 e. The average molecular weight is 306 g/mol. The van der Waals surface area contributed by atoms with E-state index in [1.165, 1.54) is 12.4 Å². The van der Waals surface area contributed by atoms with Crippen LogP contribution < -0.4 is 5.73 Å². The molecular weight excluding hydrogens is 294 g/mol. The fourth-order valence-corrected chi connectivity index (χ4v) is 2.63. The van der Waals surface area contributed by atoms with Crippen molar-refractivity contribution < 1.29 is 14.6 Å². The molecule has 0 saturated heterocycles. The van der Waals surface area contributed by atoms with Crippen LogP contribution >= 0.6 is 11.6 Å². The van der Waals surface area contributed by atoms with E-state index in [2.05, 4.69) is 9.97 Å². The second kappa shape index (κ2) is 5.31. The number of ether oxygens (including phenoxy) is 1. The number of hydrogen-bond donors (Lipinski definition) is 2. The van der Waals surface area contributed by atoms with E-state index in [1.807, 2.05) is 6.08 Å². The molecule has 1 aliphatic carbocycles. The zero-order chi connectivity index (χ0) is 15.0. The second-order valence-electron chi connectivity index (χ2n) is 4.73. The molecule has 2 aliphatic rings. The van der Waals surface area contributed by atoms with E-state index in [1.54, 1.807) is 6.08 Å². The fraction of sp³-hybridized carbons (Fsp3) is 0.214. The van der Waals surface area contributed by atoms with Crippen LogP contribution in [0.1, 0.15) is 22.6 Å². The van der Waals surface area contributed by atoms with E-state index in [-0.39, 0.29) is 11.5 Å². The highest BCUT2D eigenvalue weighted by Gasteiger charge is 2.30. The molecule has 0 fully saturated rings. The van der Waals surface area contributed by atoms with Crippen molar-refractivity contribution in [2.75, 3.05) is 6.54 Å². The summed E-state index contributed by atoms with van der Waals surface area (Å²) in [5.74, 6) is 0.831. The summed E-state index contributed by atoms with van der Waals surface area (Å²) in [6.07, 6.45) is 6.89. The molecule has 1 aliphatic heterocycles. The summed E-state index contributed by atoms with van der Waals surface area (Å²) in [5.41, 5.74) is 6.45. The number of carbonyl (C=O) groups is 1. The lowest BCUT2D eigenvalue weighted by Crippen LogP contribution is -2.09. The van der Waals surface area contributed by atoms with Crippen molar-refractivity contribution >= 4 is 23.1 Å². The lowest BCUT2D eigenvalue weighted by atomic mass is 9.92. The number of aromatic carboxylic acids is 1. The second-order valence-corrected chi connectivity index (χ2v) is 5.14. The number of nitrogens with zero attached hydrogens (tertiary/aromatic N) is 2. The molecule has 7 heteroatoms. The molecule has 0 bridgehead atoms. The van der Waals surface area contributed by atoms with E-state index in [9.17, 15) is 4.79 Å². The van der Waals surface area contributed by atoms with Gasteiger partial charge in [-0.15, -0.1) is 0 Å². The number of nitrogens with two attached hydrogens (primary N) is 1. The summed E-state index contributed by atoms with van der Waals surface area (Å²) in [7, 11) is 0. The van der Waals surface area contributed by atoms with Gasteiger partial charge in [-0.1, -0.05) is 11.6 Å². The number of carboxylic acids is 1. The minimum Gasteiger partial charge on any atom is -0.478 e. The smallest absolute Gasteiger partial charge is 0.338 e. The number of allylic oxidation sites excluding steroid dienone is 4. The summed E-state index contributed by atoms with van der Waals surface area (Å²) in [4.78, 5) is 19.0. The van der Waals surface area contributed by atoms with Crippen LogP contribution in [0.25, 0.3) is 5.57 Å². The van der Waals surface area contributed by atoms with Gasteiger partial charge in [0.05, 0.1) is 17.1 Å². The van der Waals surface area contributed by atoms with E-state index in [4.69, 9.17) is 27.2 Å². The van der Waals surface area contributed by atoms with Crippen LogP contribution in [0.4, 0.5) is 0 Å². The molecule has 0 amide bonds. The Morgan fingerprint density at radius 1 is 1.48 bits per heavy atom. The SMILES string of the molecule is NCC1=CC2CC(c3ncc(C(=O)O)cn3)=CC(Cl)=C2O1. The lowest BCUT2D eigenvalue weighted by molar-refractivity contribution is 0.0696. The van der Waals surface area contributed by atoms with Crippen LogP contribution in [0, 0.1) is 5.92 Å². The molecule has 0 aromatic carbocycles. The molecule has 3 rings (SSSR count). The molecule has 2 heterocycles. The first-order valence-electron chi connectivity index (χ1n) is 6.33. The third-order valence-corrected chi connectivity index (χ3v) is 3.62. The fourth-order valence-electron chi connectivity index (χ4n) is 2.32. The van der Waals surface area contributed by atoms with E-state index in [0.717, 1.165) is 5.57 Å². The Morgan fingerprint density at radius 3 is 2.81 bits per heavy atom. The number of fused-ring (bicyclic) bond motifs is 1. The van der Waals surface area contributed by atoms with Crippen molar-refractivity contribution in [2.45, 2.75) is 6.42 Å². The van der Waals surface area contributed by atoms with Gasteiger partial charge >= 0.3 is 5.97 Å². The Labute approximate surface area is 125 Å². The highest BCUT2D eigenvalue weighted by Crippen LogP contribution is 2.41. The predicted octanol–water partition coefficient (Wildman–Crippen LogP) is 1.90. The average Bonchev–Trinajstić information content (AvgIpc) is 2.91. The molecule has 0 radical (unpaired) electrons. The molecule has 6 nitrogen and oxygen atoms in total. The molecular formula is C14H12ClN3O3. The van der Waals surface area contributed by atoms with Crippen LogP contribution in [-0.2, 0) is 4.74 Å². The van der Waals surface area contributed by atoms with Crippen LogP contribution in [0.2, 0.25) is 0 Å². The van der Waals surface area contributed by atoms with Gasteiger partial charge < -0.3 is 15.6 Å². The Morgan fingerprint density at radius 2 is 2.19 bits per heavy atom. The van der Waals surface area contributed by atoms with Crippen molar-refractivity contribution in [1.82, 2.24) is 9.97 Å². The number of rotatable bonds is 3. The molecule has 1 aromatic heterocycles. The van der Waals surface area contributed by atoms with Gasteiger partial charge in [0.2, 0.25) is 0 Å². The first-order valence-corrected chi connectivity index (χ1v) is 6.71. The van der Waals surface area contributed by atoms with E-state index >= 15 is 0 Å². The minimum absolute atomic E-state index is 0.0267. The quantitative estimate of drug-likeness (QED) is 0.885. The van der Waals surface area contributed by atoms with Crippen molar-refractivity contribution in [1.29, 1.82) is 0 Å². The normalized spacial score (nSPS) is 20.6. The molecule has 0 saturated carbocycles. The predicted molar refractivity (Wildman–Crippen MR) is 76.2 cm³/mol.